The Bertz CT molecular complexity index is 702. The van der Waals surface area contributed by atoms with Crippen LogP contribution in [0, 0.1) is 11.6 Å². The van der Waals surface area contributed by atoms with Crippen molar-refractivity contribution >= 4 is 11.6 Å². The molecule has 2 atom stereocenters. The molecule has 2 aromatic rings. The number of rotatable bonds is 3. The third-order valence-corrected chi connectivity index (χ3v) is 3.51. The van der Waals surface area contributed by atoms with Crippen molar-refractivity contribution in [3.8, 4) is 5.75 Å². The molecule has 0 bridgehead atoms. The van der Waals surface area contributed by atoms with Crippen LogP contribution in [0.25, 0.3) is 0 Å². The van der Waals surface area contributed by atoms with E-state index in [9.17, 15) is 13.6 Å². The number of anilines is 1. The molecule has 2 unspecified atom stereocenters. The average molecular weight is 381 g/mol. The number of amides is 1. The Morgan fingerprint density at radius 3 is 2.48 bits per heavy atom. The van der Waals surface area contributed by atoms with Gasteiger partial charge in [-0.25, -0.2) is 4.39 Å². The van der Waals surface area contributed by atoms with E-state index in [1.54, 1.807) is 6.07 Å². The molecule has 1 fully saturated rings. The third-order valence-electron chi connectivity index (χ3n) is 3.51. The summed E-state index contributed by atoms with van der Waals surface area (Å²) >= 11 is 0. The number of ether oxygens (including phenoxy) is 2. The van der Waals surface area contributed by atoms with Crippen LogP contribution < -0.4 is 10.1 Å². The summed E-state index contributed by atoms with van der Waals surface area (Å²) < 4.78 is 34.8. The smallest absolute Gasteiger partial charge is 0.253 e. The molecule has 0 radical (unpaired) electrons. The lowest BCUT2D eigenvalue weighted by Gasteiger charge is -2.10. The molecule has 3 rings (SSSR count). The highest BCUT2D eigenvalue weighted by Crippen LogP contribution is 2.20. The van der Waals surface area contributed by atoms with Gasteiger partial charge in [-0.1, -0.05) is 19.9 Å². The number of benzene rings is 1. The van der Waals surface area contributed by atoms with E-state index in [0.717, 1.165) is 18.9 Å². The maximum absolute atomic E-state index is 12.5. The van der Waals surface area contributed by atoms with Crippen LogP contribution in [-0.4, -0.2) is 35.4 Å². The van der Waals surface area contributed by atoms with Gasteiger partial charge in [0.25, 0.3) is 5.91 Å². The number of methoxy groups -OCH3 is 1. The van der Waals surface area contributed by atoms with Crippen molar-refractivity contribution in [2.24, 2.45) is 0 Å². The number of carbonyl (C=O) groups excluding carboxylic acids is 1. The fourth-order valence-electron chi connectivity index (χ4n) is 2.22. The Morgan fingerprint density at radius 2 is 1.96 bits per heavy atom. The highest BCUT2D eigenvalue weighted by molar-refractivity contribution is 5.94. The molecule has 1 amide bonds. The van der Waals surface area contributed by atoms with Gasteiger partial charge in [0.1, 0.15) is 6.10 Å². The summed E-state index contributed by atoms with van der Waals surface area (Å²) in [7, 11) is 1.29. The van der Waals surface area contributed by atoms with Crippen LogP contribution in [0.3, 0.4) is 0 Å². The van der Waals surface area contributed by atoms with Crippen LogP contribution in [0.1, 0.15) is 33.6 Å². The third kappa shape index (κ3) is 7.26. The van der Waals surface area contributed by atoms with E-state index in [1.807, 2.05) is 20.8 Å². The van der Waals surface area contributed by atoms with Crippen molar-refractivity contribution in [3.05, 3.63) is 48.3 Å². The summed E-state index contributed by atoms with van der Waals surface area (Å²) in [5.41, 5.74) is 0.651. The minimum atomic E-state index is -0.940. The molecule has 1 saturated heterocycles. The van der Waals surface area contributed by atoms with Gasteiger partial charge in [-0.15, -0.1) is 0 Å². The molecule has 8 heteroatoms. The summed E-state index contributed by atoms with van der Waals surface area (Å²) in [5, 5.41) is 10.0. The molecule has 1 aromatic heterocycles. The van der Waals surface area contributed by atoms with Crippen LogP contribution in [-0.2, 0) is 9.53 Å². The van der Waals surface area contributed by atoms with Crippen LogP contribution in [0.4, 0.5) is 14.5 Å². The molecule has 1 aliphatic rings. The number of aromatic nitrogens is 2. The van der Waals surface area contributed by atoms with Crippen LogP contribution >= 0.6 is 0 Å². The predicted molar refractivity (Wildman–Crippen MR) is 98.5 cm³/mol. The second kappa shape index (κ2) is 11.9. The lowest BCUT2D eigenvalue weighted by molar-refractivity contribution is -0.126. The topological polar surface area (TPSA) is 73.3 Å². The van der Waals surface area contributed by atoms with Crippen molar-refractivity contribution in [3.63, 3.8) is 0 Å². The number of hydrogen-bond donors (Lipinski definition) is 1. The number of nitrogens with zero attached hydrogens (tertiary/aromatic N) is 2. The summed E-state index contributed by atoms with van der Waals surface area (Å²) in [5.74, 6) is -2.00. The van der Waals surface area contributed by atoms with Crippen molar-refractivity contribution in [1.82, 2.24) is 10.2 Å². The molecule has 6 nitrogen and oxygen atoms in total. The quantitative estimate of drug-likeness (QED) is 0.871. The molecular formula is C19H25F2N3O3. The molecule has 148 valence electrons. The first-order valence-corrected chi connectivity index (χ1v) is 8.72. The van der Waals surface area contributed by atoms with E-state index in [1.165, 1.54) is 31.6 Å². The Labute approximate surface area is 157 Å². The van der Waals surface area contributed by atoms with Crippen molar-refractivity contribution < 1.29 is 23.0 Å². The number of nitrogens with one attached hydrogen (secondary N) is 1. The van der Waals surface area contributed by atoms with E-state index in [0.29, 0.717) is 5.69 Å². The fraction of sp³-hybridized carbons (Fsp3) is 0.421. The minimum Gasteiger partial charge on any atom is -0.494 e. The second-order valence-electron chi connectivity index (χ2n) is 5.39. The predicted octanol–water partition coefficient (Wildman–Crippen LogP) is 3.98. The van der Waals surface area contributed by atoms with Crippen LogP contribution in [0.5, 0.6) is 5.75 Å². The van der Waals surface area contributed by atoms with Crippen molar-refractivity contribution in [1.29, 1.82) is 0 Å². The van der Waals surface area contributed by atoms with Gasteiger partial charge in [0.05, 0.1) is 31.3 Å². The van der Waals surface area contributed by atoms with E-state index >= 15 is 0 Å². The standard InChI is InChI=1S/C10H13N3O2.C7H6F2O.C2H6/c1-7-2-3-9(15-7)10(14)13-8-4-5-11-12-6-8;1-10-6-4-2-3-5(8)7(6)9;1-2/h4-7,9H,2-3H2,1H3,(H,11,13,14);2-4H,1H3;1-2H3. The highest BCUT2D eigenvalue weighted by Gasteiger charge is 2.28. The molecule has 0 aliphatic carbocycles. The highest BCUT2D eigenvalue weighted by atomic mass is 19.2. The fourth-order valence-corrected chi connectivity index (χ4v) is 2.22. The normalized spacial score (nSPS) is 17.7. The molecule has 1 aromatic carbocycles. The van der Waals surface area contributed by atoms with Gasteiger partial charge in [0, 0.05) is 0 Å². The minimum absolute atomic E-state index is 0.0694. The maximum Gasteiger partial charge on any atom is 0.253 e. The zero-order valence-electron chi connectivity index (χ0n) is 15.9. The summed E-state index contributed by atoms with van der Waals surface area (Å²) in [4.78, 5) is 11.7. The molecule has 2 heterocycles. The van der Waals surface area contributed by atoms with E-state index in [4.69, 9.17) is 4.74 Å². The van der Waals surface area contributed by atoms with E-state index < -0.39 is 11.6 Å². The maximum atomic E-state index is 12.5. The van der Waals surface area contributed by atoms with Gasteiger partial charge < -0.3 is 14.8 Å². The Hall–Kier alpha value is -2.61. The largest absolute Gasteiger partial charge is 0.494 e. The van der Waals surface area contributed by atoms with Gasteiger partial charge in [-0.05, 0) is 38.0 Å². The summed E-state index contributed by atoms with van der Waals surface area (Å²) in [6.45, 7) is 5.97. The van der Waals surface area contributed by atoms with Gasteiger partial charge in [-0.3, -0.25) is 4.79 Å². The zero-order chi connectivity index (χ0) is 20.2. The molecule has 0 saturated carbocycles. The Balaban J connectivity index is 0.000000265. The Kier molecular flexibility index (Phi) is 9.89. The zero-order valence-corrected chi connectivity index (χ0v) is 15.9. The van der Waals surface area contributed by atoms with Gasteiger partial charge >= 0.3 is 0 Å². The van der Waals surface area contributed by atoms with Crippen molar-refractivity contribution in [2.45, 2.75) is 45.8 Å². The molecular weight excluding hydrogens is 356 g/mol. The monoisotopic (exact) mass is 381 g/mol. The summed E-state index contributed by atoms with van der Waals surface area (Å²) in [6.07, 6.45) is 4.62. The van der Waals surface area contributed by atoms with Gasteiger partial charge in [-0.2, -0.15) is 14.6 Å². The first-order valence-electron chi connectivity index (χ1n) is 8.72. The second-order valence-corrected chi connectivity index (χ2v) is 5.39. The van der Waals surface area contributed by atoms with Gasteiger partial charge in [0.15, 0.2) is 11.6 Å². The van der Waals surface area contributed by atoms with Gasteiger partial charge in [0.2, 0.25) is 5.82 Å². The molecule has 27 heavy (non-hydrogen) atoms. The molecule has 0 spiro atoms. The van der Waals surface area contributed by atoms with E-state index in [-0.39, 0.29) is 23.9 Å². The molecule has 1 N–H and O–H groups in total. The number of halogens is 2. The SMILES string of the molecule is CC.CC1CCC(C(=O)Nc2ccnnc2)O1.COc1cccc(F)c1F. The first kappa shape index (κ1) is 22.4. The Morgan fingerprint density at radius 1 is 1.22 bits per heavy atom. The summed E-state index contributed by atoms with van der Waals surface area (Å²) in [6, 6.07) is 5.48. The lowest BCUT2D eigenvalue weighted by Crippen LogP contribution is -2.27. The lowest BCUT2D eigenvalue weighted by atomic mass is 10.2. The van der Waals surface area contributed by atoms with Crippen LogP contribution in [0.2, 0.25) is 0 Å². The van der Waals surface area contributed by atoms with E-state index in [2.05, 4.69) is 20.3 Å². The van der Waals surface area contributed by atoms with Crippen molar-refractivity contribution in [2.75, 3.05) is 12.4 Å². The number of carbonyl (C=O) groups is 1. The van der Waals surface area contributed by atoms with Crippen LogP contribution in [0.15, 0.2) is 36.7 Å². The molecule has 1 aliphatic heterocycles. The first-order chi connectivity index (χ1) is 13.0. The number of hydrogen-bond acceptors (Lipinski definition) is 5. The average Bonchev–Trinajstić information content (AvgIpc) is 3.13.